The Morgan fingerprint density at radius 3 is 2.50 bits per heavy atom. The SMILES string of the molecule is Cc1ccc(C#Cc2ncccc2Br)cc1. The van der Waals surface area contributed by atoms with E-state index in [4.69, 9.17) is 0 Å². The summed E-state index contributed by atoms with van der Waals surface area (Å²) < 4.78 is 0.926. The lowest BCUT2D eigenvalue weighted by molar-refractivity contribution is 1.27. The molecule has 0 fully saturated rings. The fraction of sp³-hybridized carbons (Fsp3) is 0.0714. The molecule has 1 aromatic heterocycles. The van der Waals surface area contributed by atoms with Gasteiger partial charge in [-0.3, -0.25) is 0 Å². The Hall–Kier alpha value is -1.59. The maximum absolute atomic E-state index is 4.19. The molecular weight excluding hydrogens is 262 g/mol. The Balaban J connectivity index is 2.29. The lowest BCUT2D eigenvalue weighted by Crippen LogP contribution is -1.82. The molecule has 0 saturated carbocycles. The van der Waals surface area contributed by atoms with Gasteiger partial charge in [-0.2, -0.15) is 0 Å². The highest BCUT2D eigenvalue weighted by molar-refractivity contribution is 9.10. The highest BCUT2D eigenvalue weighted by Crippen LogP contribution is 2.11. The molecule has 2 rings (SSSR count). The molecular formula is C14H10BrN. The summed E-state index contributed by atoms with van der Waals surface area (Å²) in [5.41, 5.74) is 3.01. The minimum absolute atomic E-state index is 0.767. The summed E-state index contributed by atoms with van der Waals surface area (Å²) in [5.74, 6) is 6.13. The summed E-state index contributed by atoms with van der Waals surface area (Å²) in [6.45, 7) is 2.06. The van der Waals surface area contributed by atoms with Gasteiger partial charge in [0.25, 0.3) is 0 Å². The van der Waals surface area contributed by atoms with Gasteiger partial charge in [0.2, 0.25) is 0 Å². The van der Waals surface area contributed by atoms with Crippen molar-refractivity contribution in [2.75, 3.05) is 0 Å². The van der Waals surface area contributed by atoms with Crippen molar-refractivity contribution in [2.24, 2.45) is 0 Å². The van der Waals surface area contributed by atoms with Crippen molar-refractivity contribution in [3.8, 4) is 11.8 Å². The number of benzene rings is 1. The van der Waals surface area contributed by atoms with Gasteiger partial charge in [-0.05, 0) is 53.0 Å². The summed E-state index contributed by atoms with van der Waals surface area (Å²) in [7, 11) is 0. The van der Waals surface area contributed by atoms with Crippen LogP contribution in [0.25, 0.3) is 0 Å². The minimum Gasteiger partial charge on any atom is -0.247 e. The van der Waals surface area contributed by atoms with E-state index in [0.717, 1.165) is 15.7 Å². The zero-order valence-electron chi connectivity index (χ0n) is 8.87. The van der Waals surface area contributed by atoms with Gasteiger partial charge in [-0.1, -0.05) is 23.6 Å². The fourth-order valence-electron chi connectivity index (χ4n) is 1.25. The zero-order chi connectivity index (χ0) is 11.4. The second-order valence-electron chi connectivity index (χ2n) is 3.45. The second-order valence-corrected chi connectivity index (χ2v) is 4.30. The highest BCUT2D eigenvalue weighted by atomic mass is 79.9. The summed E-state index contributed by atoms with van der Waals surface area (Å²) in [6, 6.07) is 11.9. The van der Waals surface area contributed by atoms with Crippen molar-refractivity contribution in [3.63, 3.8) is 0 Å². The number of hydrogen-bond acceptors (Lipinski definition) is 1. The van der Waals surface area contributed by atoms with E-state index >= 15 is 0 Å². The first-order valence-corrected chi connectivity index (χ1v) is 5.74. The van der Waals surface area contributed by atoms with Crippen LogP contribution in [0.15, 0.2) is 47.1 Å². The molecule has 1 nitrogen and oxygen atoms in total. The van der Waals surface area contributed by atoms with Crippen LogP contribution in [0, 0.1) is 18.8 Å². The third-order valence-corrected chi connectivity index (χ3v) is 2.78. The van der Waals surface area contributed by atoms with E-state index in [-0.39, 0.29) is 0 Å². The van der Waals surface area contributed by atoms with Crippen LogP contribution in [0.4, 0.5) is 0 Å². The van der Waals surface area contributed by atoms with Crippen LogP contribution in [0.3, 0.4) is 0 Å². The van der Waals surface area contributed by atoms with Gasteiger partial charge in [0.1, 0.15) is 5.69 Å². The van der Waals surface area contributed by atoms with Crippen LogP contribution in [-0.4, -0.2) is 4.98 Å². The molecule has 1 aromatic carbocycles. The standard InChI is InChI=1S/C14H10BrN/c1-11-4-6-12(7-5-11)8-9-14-13(15)3-2-10-16-14/h2-7,10H,1H3. The Bertz CT molecular complexity index is 547. The van der Waals surface area contributed by atoms with Crippen molar-refractivity contribution < 1.29 is 0 Å². The van der Waals surface area contributed by atoms with E-state index in [2.05, 4.69) is 51.8 Å². The molecule has 0 aliphatic carbocycles. The van der Waals surface area contributed by atoms with E-state index in [1.54, 1.807) is 6.20 Å². The molecule has 0 bridgehead atoms. The van der Waals surface area contributed by atoms with Gasteiger partial charge in [-0.25, -0.2) is 4.98 Å². The number of nitrogens with zero attached hydrogens (tertiary/aromatic N) is 1. The number of halogens is 1. The molecule has 0 spiro atoms. The minimum atomic E-state index is 0.767. The van der Waals surface area contributed by atoms with Gasteiger partial charge in [-0.15, -0.1) is 0 Å². The van der Waals surface area contributed by atoms with E-state index in [1.165, 1.54) is 5.56 Å². The average molecular weight is 272 g/mol. The van der Waals surface area contributed by atoms with Crippen molar-refractivity contribution in [2.45, 2.75) is 6.92 Å². The molecule has 2 aromatic rings. The Morgan fingerprint density at radius 1 is 1.06 bits per heavy atom. The first-order valence-electron chi connectivity index (χ1n) is 4.95. The van der Waals surface area contributed by atoms with Crippen LogP contribution < -0.4 is 0 Å². The van der Waals surface area contributed by atoms with Gasteiger partial charge >= 0.3 is 0 Å². The number of aryl methyl sites for hydroxylation is 1. The Morgan fingerprint density at radius 2 is 1.81 bits per heavy atom. The van der Waals surface area contributed by atoms with E-state index in [0.29, 0.717) is 0 Å². The smallest absolute Gasteiger partial charge is 0.127 e. The zero-order valence-corrected chi connectivity index (χ0v) is 10.5. The molecule has 0 aliphatic rings. The maximum Gasteiger partial charge on any atom is 0.127 e. The molecule has 0 unspecified atom stereocenters. The summed E-state index contributed by atoms with van der Waals surface area (Å²) in [5, 5.41) is 0. The summed E-state index contributed by atoms with van der Waals surface area (Å²) in [4.78, 5) is 4.19. The summed E-state index contributed by atoms with van der Waals surface area (Å²) in [6.07, 6.45) is 1.74. The first-order chi connectivity index (χ1) is 7.75. The van der Waals surface area contributed by atoms with Crippen LogP contribution in [0.2, 0.25) is 0 Å². The fourth-order valence-corrected chi connectivity index (χ4v) is 1.60. The van der Waals surface area contributed by atoms with Gasteiger partial charge < -0.3 is 0 Å². The first kappa shape index (κ1) is 10.9. The van der Waals surface area contributed by atoms with Crippen molar-refractivity contribution in [3.05, 3.63) is 63.9 Å². The average Bonchev–Trinajstić information content (AvgIpc) is 2.30. The number of pyridine rings is 1. The monoisotopic (exact) mass is 271 g/mol. The van der Waals surface area contributed by atoms with Gasteiger partial charge in [0, 0.05) is 11.8 Å². The Labute approximate surface area is 104 Å². The molecule has 0 atom stereocenters. The quantitative estimate of drug-likeness (QED) is 0.668. The second kappa shape index (κ2) is 4.96. The topological polar surface area (TPSA) is 12.9 Å². The van der Waals surface area contributed by atoms with E-state index < -0.39 is 0 Å². The van der Waals surface area contributed by atoms with Crippen LogP contribution in [-0.2, 0) is 0 Å². The Kier molecular flexibility index (Phi) is 3.38. The lowest BCUT2D eigenvalue weighted by Gasteiger charge is -1.93. The molecule has 0 N–H and O–H groups in total. The predicted octanol–water partition coefficient (Wildman–Crippen LogP) is 3.55. The maximum atomic E-state index is 4.19. The van der Waals surface area contributed by atoms with Crippen LogP contribution in [0.1, 0.15) is 16.8 Å². The van der Waals surface area contributed by atoms with Gasteiger partial charge in [0.05, 0.1) is 4.47 Å². The van der Waals surface area contributed by atoms with Crippen LogP contribution >= 0.6 is 15.9 Å². The molecule has 2 heteroatoms. The third kappa shape index (κ3) is 2.71. The normalized spacial score (nSPS) is 9.38. The molecule has 0 amide bonds. The predicted molar refractivity (Wildman–Crippen MR) is 69.1 cm³/mol. The van der Waals surface area contributed by atoms with Crippen LogP contribution in [0.5, 0.6) is 0 Å². The number of hydrogen-bond donors (Lipinski definition) is 0. The summed E-state index contributed by atoms with van der Waals surface area (Å²) >= 11 is 3.42. The molecule has 0 radical (unpaired) electrons. The molecule has 16 heavy (non-hydrogen) atoms. The molecule has 0 aliphatic heterocycles. The van der Waals surface area contributed by atoms with Gasteiger partial charge in [0.15, 0.2) is 0 Å². The lowest BCUT2D eigenvalue weighted by atomic mass is 10.1. The highest BCUT2D eigenvalue weighted by Gasteiger charge is 1.94. The van der Waals surface area contributed by atoms with E-state index in [9.17, 15) is 0 Å². The largest absolute Gasteiger partial charge is 0.247 e. The van der Waals surface area contributed by atoms with E-state index in [1.807, 2.05) is 24.3 Å². The number of rotatable bonds is 0. The molecule has 0 saturated heterocycles. The van der Waals surface area contributed by atoms with Crippen molar-refractivity contribution in [1.82, 2.24) is 4.98 Å². The molecule has 1 heterocycles. The number of aromatic nitrogens is 1. The molecule has 78 valence electrons. The van der Waals surface area contributed by atoms with Crippen molar-refractivity contribution >= 4 is 15.9 Å². The van der Waals surface area contributed by atoms with Crippen molar-refractivity contribution in [1.29, 1.82) is 0 Å². The third-order valence-electron chi connectivity index (χ3n) is 2.14.